The Bertz CT molecular complexity index is 277. The molecule has 0 aromatic rings. The average Bonchev–Trinajstić information content (AvgIpc) is 2.47. The molecular formula is C9H18ClNO2S. The van der Waals surface area contributed by atoms with Gasteiger partial charge in [-0.25, -0.2) is 13.1 Å². The van der Waals surface area contributed by atoms with E-state index in [1.807, 2.05) is 0 Å². The first kappa shape index (κ1) is 12.3. The van der Waals surface area contributed by atoms with Gasteiger partial charge in [-0.1, -0.05) is 6.42 Å². The van der Waals surface area contributed by atoms with Crippen molar-refractivity contribution in [3.63, 3.8) is 0 Å². The number of alkyl halides is 1. The van der Waals surface area contributed by atoms with Crippen LogP contribution >= 0.6 is 11.6 Å². The van der Waals surface area contributed by atoms with Crippen molar-refractivity contribution in [2.75, 3.05) is 6.54 Å². The highest BCUT2D eigenvalue weighted by Crippen LogP contribution is 2.29. The maximum absolute atomic E-state index is 11.4. The monoisotopic (exact) mass is 239 g/mol. The molecule has 1 aliphatic rings. The summed E-state index contributed by atoms with van der Waals surface area (Å²) in [5.74, 6) is 0.310. The number of halogens is 1. The summed E-state index contributed by atoms with van der Waals surface area (Å²) >= 11 is 6.05. The van der Waals surface area contributed by atoms with Crippen molar-refractivity contribution >= 4 is 21.6 Å². The number of nitrogens with one attached hydrogen (secondary N) is 1. The van der Waals surface area contributed by atoms with Gasteiger partial charge in [0.2, 0.25) is 10.0 Å². The molecule has 0 aliphatic heterocycles. The fraction of sp³-hybridized carbons (Fsp3) is 1.00. The van der Waals surface area contributed by atoms with Crippen LogP contribution in [-0.4, -0.2) is 25.6 Å². The molecule has 0 aromatic carbocycles. The molecule has 0 aromatic heterocycles. The molecule has 0 heterocycles. The van der Waals surface area contributed by atoms with Crippen LogP contribution in [0, 0.1) is 5.92 Å². The Morgan fingerprint density at radius 1 is 1.43 bits per heavy atom. The molecule has 84 valence electrons. The van der Waals surface area contributed by atoms with E-state index < -0.39 is 10.0 Å². The highest BCUT2D eigenvalue weighted by molar-refractivity contribution is 7.90. The van der Waals surface area contributed by atoms with Gasteiger partial charge in [0.05, 0.1) is 5.25 Å². The van der Waals surface area contributed by atoms with Crippen LogP contribution in [0.2, 0.25) is 0 Å². The smallest absolute Gasteiger partial charge is 0.213 e. The maximum Gasteiger partial charge on any atom is 0.213 e. The lowest BCUT2D eigenvalue weighted by Crippen LogP contribution is -2.35. The molecule has 1 aliphatic carbocycles. The largest absolute Gasteiger partial charge is 0.215 e. The van der Waals surface area contributed by atoms with Crippen LogP contribution in [0.4, 0.5) is 0 Å². The van der Waals surface area contributed by atoms with Gasteiger partial charge in [0.1, 0.15) is 0 Å². The molecule has 0 amide bonds. The quantitative estimate of drug-likeness (QED) is 0.760. The summed E-state index contributed by atoms with van der Waals surface area (Å²) in [6.45, 7) is 3.85. The van der Waals surface area contributed by atoms with E-state index in [0.29, 0.717) is 12.5 Å². The standard InChI is InChI=1S/C9H18ClNO2S/c1-7(2)14(12,13)11-6-8-4-3-5-9(8)10/h7-9,11H,3-6H2,1-2H3. The SMILES string of the molecule is CC(C)S(=O)(=O)NCC1CCCC1Cl. The first-order valence-corrected chi connectivity index (χ1v) is 7.04. The third-order valence-corrected chi connectivity index (χ3v) is 5.12. The molecule has 2 unspecified atom stereocenters. The molecule has 2 atom stereocenters. The molecule has 0 radical (unpaired) electrons. The minimum Gasteiger partial charge on any atom is -0.215 e. The van der Waals surface area contributed by atoms with Gasteiger partial charge in [0.15, 0.2) is 0 Å². The van der Waals surface area contributed by atoms with E-state index in [9.17, 15) is 8.42 Å². The van der Waals surface area contributed by atoms with E-state index in [4.69, 9.17) is 11.6 Å². The van der Waals surface area contributed by atoms with Crippen molar-refractivity contribution in [1.82, 2.24) is 4.72 Å². The maximum atomic E-state index is 11.4. The Kier molecular flexibility index (Phi) is 4.22. The number of sulfonamides is 1. The average molecular weight is 240 g/mol. The summed E-state index contributed by atoms with van der Waals surface area (Å²) < 4.78 is 25.5. The second-order valence-corrected chi connectivity index (χ2v) is 7.03. The van der Waals surface area contributed by atoms with Crippen molar-refractivity contribution in [2.24, 2.45) is 5.92 Å². The van der Waals surface area contributed by atoms with Crippen molar-refractivity contribution in [3.05, 3.63) is 0 Å². The van der Waals surface area contributed by atoms with Gasteiger partial charge in [-0.05, 0) is 32.6 Å². The highest BCUT2D eigenvalue weighted by atomic mass is 35.5. The fourth-order valence-corrected chi connectivity index (χ4v) is 2.76. The van der Waals surface area contributed by atoms with Crippen LogP contribution < -0.4 is 4.72 Å². The second-order valence-electron chi connectivity index (χ2n) is 4.15. The number of rotatable bonds is 4. The Morgan fingerprint density at radius 2 is 2.07 bits per heavy atom. The van der Waals surface area contributed by atoms with Crippen LogP contribution in [-0.2, 0) is 10.0 Å². The molecule has 14 heavy (non-hydrogen) atoms. The van der Waals surface area contributed by atoms with E-state index in [-0.39, 0.29) is 10.6 Å². The predicted molar refractivity (Wildman–Crippen MR) is 59.0 cm³/mol. The second kappa shape index (κ2) is 4.81. The zero-order chi connectivity index (χ0) is 10.8. The third kappa shape index (κ3) is 3.11. The molecule has 1 saturated carbocycles. The normalized spacial score (nSPS) is 28.6. The summed E-state index contributed by atoms with van der Waals surface area (Å²) in [6.07, 6.45) is 3.16. The molecular weight excluding hydrogens is 222 g/mol. The lowest BCUT2D eigenvalue weighted by molar-refractivity contribution is 0.519. The van der Waals surface area contributed by atoms with Crippen molar-refractivity contribution in [2.45, 2.75) is 43.7 Å². The van der Waals surface area contributed by atoms with Gasteiger partial charge in [-0.15, -0.1) is 11.6 Å². The Morgan fingerprint density at radius 3 is 2.50 bits per heavy atom. The predicted octanol–water partition coefficient (Wildman–Crippen LogP) is 1.72. The van der Waals surface area contributed by atoms with Gasteiger partial charge in [0.25, 0.3) is 0 Å². The topological polar surface area (TPSA) is 46.2 Å². The Hall–Kier alpha value is 0.200. The van der Waals surface area contributed by atoms with E-state index in [1.165, 1.54) is 0 Å². The molecule has 0 saturated heterocycles. The molecule has 5 heteroatoms. The molecule has 3 nitrogen and oxygen atoms in total. The van der Waals surface area contributed by atoms with Crippen molar-refractivity contribution in [1.29, 1.82) is 0 Å². The zero-order valence-electron chi connectivity index (χ0n) is 8.66. The van der Waals surface area contributed by atoms with E-state index in [1.54, 1.807) is 13.8 Å². The van der Waals surface area contributed by atoms with Crippen molar-refractivity contribution < 1.29 is 8.42 Å². The summed E-state index contributed by atoms with van der Waals surface area (Å²) in [7, 11) is -3.12. The lowest BCUT2D eigenvalue weighted by atomic mass is 10.1. The third-order valence-electron chi connectivity index (χ3n) is 2.73. The van der Waals surface area contributed by atoms with E-state index >= 15 is 0 Å². The zero-order valence-corrected chi connectivity index (χ0v) is 10.2. The summed E-state index contributed by atoms with van der Waals surface area (Å²) in [6, 6.07) is 0. The van der Waals surface area contributed by atoms with Crippen LogP contribution in [0.25, 0.3) is 0 Å². The van der Waals surface area contributed by atoms with Crippen LogP contribution in [0.15, 0.2) is 0 Å². The van der Waals surface area contributed by atoms with Gasteiger partial charge >= 0.3 is 0 Å². The lowest BCUT2D eigenvalue weighted by Gasteiger charge is -2.15. The van der Waals surface area contributed by atoms with E-state index in [2.05, 4.69) is 4.72 Å². The van der Waals surface area contributed by atoms with Gasteiger partial charge in [-0.2, -0.15) is 0 Å². The molecule has 1 N–H and O–H groups in total. The summed E-state index contributed by atoms with van der Waals surface area (Å²) in [4.78, 5) is 0. The minimum atomic E-state index is -3.12. The van der Waals surface area contributed by atoms with Gasteiger partial charge in [0, 0.05) is 11.9 Å². The van der Waals surface area contributed by atoms with E-state index in [0.717, 1.165) is 19.3 Å². The van der Waals surface area contributed by atoms with Gasteiger partial charge < -0.3 is 0 Å². The summed E-state index contributed by atoms with van der Waals surface area (Å²) in [5.41, 5.74) is 0. The molecule has 1 fully saturated rings. The number of hydrogen-bond donors (Lipinski definition) is 1. The Labute approximate surface area is 91.3 Å². The molecule has 0 spiro atoms. The van der Waals surface area contributed by atoms with Crippen LogP contribution in [0.3, 0.4) is 0 Å². The van der Waals surface area contributed by atoms with Crippen molar-refractivity contribution in [3.8, 4) is 0 Å². The molecule has 0 bridgehead atoms. The Balaban J connectivity index is 2.40. The summed E-state index contributed by atoms with van der Waals surface area (Å²) in [5, 5.41) is -0.220. The van der Waals surface area contributed by atoms with Crippen LogP contribution in [0.5, 0.6) is 0 Å². The highest BCUT2D eigenvalue weighted by Gasteiger charge is 2.27. The minimum absolute atomic E-state index is 0.143. The number of hydrogen-bond acceptors (Lipinski definition) is 2. The first-order chi connectivity index (χ1) is 6.43. The molecule has 1 rings (SSSR count). The first-order valence-electron chi connectivity index (χ1n) is 5.06. The van der Waals surface area contributed by atoms with Crippen LogP contribution in [0.1, 0.15) is 33.1 Å². The fourth-order valence-electron chi connectivity index (χ4n) is 1.61. The van der Waals surface area contributed by atoms with Gasteiger partial charge in [-0.3, -0.25) is 0 Å².